The first-order valence-corrected chi connectivity index (χ1v) is 5.62. The molecular formula is C12H13N3O3. The van der Waals surface area contributed by atoms with Crippen molar-refractivity contribution < 1.29 is 9.72 Å². The molecule has 1 aliphatic heterocycles. The van der Waals surface area contributed by atoms with E-state index >= 15 is 0 Å². The Hall–Kier alpha value is -2.21. The summed E-state index contributed by atoms with van der Waals surface area (Å²) in [7, 11) is 0. The third-order valence-electron chi connectivity index (χ3n) is 2.70. The van der Waals surface area contributed by atoms with Crippen molar-refractivity contribution in [2.45, 2.75) is 18.9 Å². The normalized spacial score (nSPS) is 19.8. The molecule has 0 radical (unpaired) electrons. The van der Waals surface area contributed by atoms with Gasteiger partial charge in [-0.15, -0.1) is 0 Å². The van der Waals surface area contributed by atoms with Gasteiger partial charge in [-0.2, -0.15) is 0 Å². The zero-order valence-electron chi connectivity index (χ0n) is 9.63. The minimum atomic E-state index is -0.425. The summed E-state index contributed by atoms with van der Waals surface area (Å²) in [6.45, 7) is 0. The molecule has 2 rings (SSSR count). The molecule has 1 unspecified atom stereocenters. The predicted molar refractivity (Wildman–Crippen MR) is 66.4 cm³/mol. The number of nitro benzene ring substituents is 1. The molecule has 1 fully saturated rings. The summed E-state index contributed by atoms with van der Waals surface area (Å²) in [5.41, 5.74) is 6.40. The summed E-state index contributed by atoms with van der Waals surface area (Å²) < 4.78 is 0. The van der Waals surface area contributed by atoms with E-state index < -0.39 is 4.92 Å². The summed E-state index contributed by atoms with van der Waals surface area (Å²) in [5.74, 6) is -0.00464. The van der Waals surface area contributed by atoms with Gasteiger partial charge < -0.3 is 0 Å². The molecule has 0 spiro atoms. The maximum absolute atomic E-state index is 10.9. The number of hydrogen-bond donors (Lipinski definition) is 2. The van der Waals surface area contributed by atoms with Crippen LogP contribution < -0.4 is 10.9 Å². The predicted octanol–water partition coefficient (Wildman–Crippen LogP) is 1.39. The van der Waals surface area contributed by atoms with E-state index in [4.69, 9.17) is 0 Å². The van der Waals surface area contributed by atoms with Crippen LogP contribution in [-0.4, -0.2) is 16.9 Å². The number of amides is 1. The molecule has 1 amide bonds. The Kier molecular flexibility index (Phi) is 3.69. The second-order valence-electron chi connectivity index (χ2n) is 4.05. The molecule has 0 aliphatic carbocycles. The van der Waals surface area contributed by atoms with E-state index in [1.165, 1.54) is 12.1 Å². The van der Waals surface area contributed by atoms with Crippen molar-refractivity contribution in [3.63, 3.8) is 0 Å². The number of hydrogen-bond acceptors (Lipinski definition) is 4. The van der Waals surface area contributed by atoms with Crippen LogP contribution in [0.2, 0.25) is 0 Å². The highest BCUT2D eigenvalue weighted by atomic mass is 16.6. The van der Waals surface area contributed by atoms with Crippen LogP contribution in [0.25, 0.3) is 6.08 Å². The van der Waals surface area contributed by atoms with Crippen LogP contribution in [0.3, 0.4) is 0 Å². The minimum absolute atomic E-state index is 0.00464. The minimum Gasteiger partial charge on any atom is -0.291 e. The van der Waals surface area contributed by atoms with E-state index in [0.717, 1.165) is 12.0 Å². The average Bonchev–Trinajstić information content (AvgIpc) is 2.38. The van der Waals surface area contributed by atoms with Crippen LogP contribution in [0.5, 0.6) is 0 Å². The second-order valence-corrected chi connectivity index (χ2v) is 4.05. The van der Waals surface area contributed by atoms with Crippen molar-refractivity contribution in [1.29, 1.82) is 0 Å². The standard InChI is InChI=1S/C12H13N3O3/c16-12-8-5-10(13-14-12)4-1-9-2-6-11(7-3-9)15(17)18/h1-4,6-7,10,13H,5,8H2,(H,14,16)/b4-1+. The van der Waals surface area contributed by atoms with Crippen LogP contribution in [0.4, 0.5) is 5.69 Å². The van der Waals surface area contributed by atoms with Crippen molar-refractivity contribution in [2.75, 3.05) is 0 Å². The third kappa shape index (κ3) is 3.14. The van der Waals surface area contributed by atoms with Gasteiger partial charge in [0.05, 0.1) is 4.92 Å². The lowest BCUT2D eigenvalue weighted by Crippen LogP contribution is -2.48. The lowest BCUT2D eigenvalue weighted by Gasteiger charge is -2.20. The van der Waals surface area contributed by atoms with Gasteiger partial charge in [0.15, 0.2) is 0 Å². The molecule has 18 heavy (non-hydrogen) atoms. The fourth-order valence-electron chi connectivity index (χ4n) is 1.67. The second kappa shape index (κ2) is 5.42. The lowest BCUT2D eigenvalue weighted by atomic mass is 10.1. The van der Waals surface area contributed by atoms with Crippen LogP contribution in [-0.2, 0) is 4.79 Å². The van der Waals surface area contributed by atoms with Gasteiger partial charge in [-0.25, -0.2) is 5.43 Å². The molecule has 0 aromatic heterocycles. The number of nitrogens with one attached hydrogen (secondary N) is 2. The van der Waals surface area contributed by atoms with Gasteiger partial charge in [0.1, 0.15) is 0 Å². The fraction of sp³-hybridized carbons (Fsp3) is 0.250. The van der Waals surface area contributed by atoms with Crippen LogP contribution >= 0.6 is 0 Å². The van der Waals surface area contributed by atoms with Crippen LogP contribution in [0.15, 0.2) is 30.3 Å². The summed E-state index contributed by atoms with van der Waals surface area (Å²) in [6, 6.07) is 6.41. The first-order valence-electron chi connectivity index (χ1n) is 5.62. The number of carbonyl (C=O) groups excluding carboxylic acids is 1. The molecule has 1 aliphatic rings. The molecule has 1 saturated heterocycles. The highest BCUT2D eigenvalue weighted by molar-refractivity contribution is 5.76. The first kappa shape index (κ1) is 12.3. The summed E-state index contributed by atoms with van der Waals surface area (Å²) in [4.78, 5) is 21.0. The summed E-state index contributed by atoms with van der Waals surface area (Å²) >= 11 is 0. The smallest absolute Gasteiger partial charge is 0.269 e. The van der Waals surface area contributed by atoms with E-state index in [1.54, 1.807) is 12.1 Å². The highest BCUT2D eigenvalue weighted by Crippen LogP contribution is 2.13. The topological polar surface area (TPSA) is 84.3 Å². The number of nitro groups is 1. The number of hydrazine groups is 1. The van der Waals surface area contributed by atoms with Crippen molar-refractivity contribution in [3.8, 4) is 0 Å². The van der Waals surface area contributed by atoms with Crippen LogP contribution in [0.1, 0.15) is 18.4 Å². The molecule has 6 heteroatoms. The van der Waals surface area contributed by atoms with Gasteiger partial charge in [-0.05, 0) is 24.1 Å². The molecule has 1 aromatic rings. The first-order chi connectivity index (χ1) is 8.65. The Morgan fingerprint density at radius 2 is 2.06 bits per heavy atom. The molecule has 6 nitrogen and oxygen atoms in total. The van der Waals surface area contributed by atoms with Gasteiger partial charge in [0.2, 0.25) is 5.91 Å². The molecule has 1 aromatic carbocycles. The third-order valence-corrected chi connectivity index (χ3v) is 2.70. The van der Waals surface area contributed by atoms with E-state index in [2.05, 4.69) is 10.9 Å². The van der Waals surface area contributed by atoms with E-state index in [0.29, 0.717) is 6.42 Å². The Morgan fingerprint density at radius 3 is 2.61 bits per heavy atom. The van der Waals surface area contributed by atoms with Crippen molar-refractivity contribution in [3.05, 3.63) is 46.0 Å². The van der Waals surface area contributed by atoms with Crippen molar-refractivity contribution in [1.82, 2.24) is 10.9 Å². The average molecular weight is 247 g/mol. The molecule has 1 atom stereocenters. The van der Waals surface area contributed by atoms with E-state index in [9.17, 15) is 14.9 Å². The molecule has 0 saturated carbocycles. The maximum Gasteiger partial charge on any atom is 0.269 e. The number of non-ortho nitro benzene ring substituents is 1. The lowest BCUT2D eigenvalue weighted by molar-refractivity contribution is -0.384. The summed E-state index contributed by atoms with van der Waals surface area (Å²) in [6.07, 6.45) is 5.05. The number of rotatable bonds is 3. The highest BCUT2D eigenvalue weighted by Gasteiger charge is 2.14. The van der Waals surface area contributed by atoms with Crippen molar-refractivity contribution >= 4 is 17.7 Å². The molecular weight excluding hydrogens is 234 g/mol. The Balaban J connectivity index is 1.96. The largest absolute Gasteiger partial charge is 0.291 e. The van der Waals surface area contributed by atoms with Gasteiger partial charge in [-0.1, -0.05) is 12.2 Å². The summed E-state index contributed by atoms with van der Waals surface area (Å²) in [5, 5.41) is 10.5. The fourth-order valence-corrected chi connectivity index (χ4v) is 1.67. The Labute approximate surface area is 104 Å². The maximum atomic E-state index is 10.9. The quantitative estimate of drug-likeness (QED) is 0.624. The molecule has 2 N–H and O–H groups in total. The zero-order chi connectivity index (χ0) is 13.0. The Morgan fingerprint density at radius 1 is 1.33 bits per heavy atom. The number of carbonyl (C=O) groups is 1. The monoisotopic (exact) mass is 247 g/mol. The molecule has 94 valence electrons. The SMILES string of the molecule is O=C1CCC(/C=C/c2ccc([N+](=O)[O-])cc2)NN1. The molecule has 0 bridgehead atoms. The van der Waals surface area contributed by atoms with E-state index in [-0.39, 0.29) is 17.6 Å². The Bertz CT molecular complexity index is 472. The van der Waals surface area contributed by atoms with Crippen molar-refractivity contribution in [2.24, 2.45) is 0 Å². The van der Waals surface area contributed by atoms with Gasteiger partial charge >= 0.3 is 0 Å². The van der Waals surface area contributed by atoms with Gasteiger partial charge in [-0.3, -0.25) is 20.3 Å². The molecule has 1 heterocycles. The zero-order valence-corrected chi connectivity index (χ0v) is 9.63. The number of nitrogens with zero attached hydrogens (tertiary/aromatic N) is 1. The van der Waals surface area contributed by atoms with Gasteiger partial charge in [0.25, 0.3) is 5.69 Å². The number of benzene rings is 1. The van der Waals surface area contributed by atoms with Crippen LogP contribution in [0, 0.1) is 10.1 Å². The van der Waals surface area contributed by atoms with Gasteiger partial charge in [0, 0.05) is 24.6 Å². The van der Waals surface area contributed by atoms with E-state index in [1.807, 2.05) is 12.2 Å².